The highest BCUT2D eigenvalue weighted by molar-refractivity contribution is 5.98. The molecule has 1 aromatic carbocycles. The monoisotopic (exact) mass is 244 g/mol. The predicted molar refractivity (Wildman–Crippen MR) is 72.6 cm³/mol. The molecule has 0 saturated carbocycles. The van der Waals surface area contributed by atoms with Gasteiger partial charge in [0.25, 0.3) is 0 Å². The van der Waals surface area contributed by atoms with Crippen molar-refractivity contribution in [3.63, 3.8) is 0 Å². The van der Waals surface area contributed by atoms with Crippen LogP contribution in [0.2, 0.25) is 0 Å². The van der Waals surface area contributed by atoms with Crippen LogP contribution in [0.4, 0.5) is 0 Å². The minimum absolute atomic E-state index is 0.190. The van der Waals surface area contributed by atoms with E-state index >= 15 is 0 Å². The predicted octanol–water partition coefficient (Wildman–Crippen LogP) is 3.15. The SMILES string of the molecule is C=CC(=O)OC(=O)C(=C)C.C=Cc1ccccc1. The van der Waals surface area contributed by atoms with Crippen LogP contribution >= 0.6 is 0 Å². The average Bonchev–Trinajstić information content (AvgIpc) is 2.40. The first-order valence-electron chi connectivity index (χ1n) is 5.22. The van der Waals surface area contributed by atoms with Crippen LogP contribution in [0.5, 0.6) is 0 Å². The third-order valence-corrected chi connectivity index (χ3v) is 1.74. The number of carbonyl (C=O) groups excluding carboxylic acids is 2. The molecule has 0 radical (unpaired) electrons. The van der Waals surface area contributed by atoms with E-state index < -0.39 is 11.9 Å². The maximum absolute atomic E-state index is 10.5. The molecule has 1 rings (SSSR count). The smallest absolute Gasteiger partial charge is 0.340 e. The fraction of sp³-hybridized carbons (Fsp3) is 0.0667. The van der Waals surface area contributed by atoms with Gasteiger partial charge in [0, 0.05) is 11.6 Å². The van der Waals surface area contributed by atoms with Crippen LogP contribution in [-0.2, 0) is 14.3 Å². The van der Waals surface area contributed by atoms with E-state index in [9.17, 15) is 9.59 Å². The minimum atomic E-state index is -0.756. The lowest BCUT2D eigenvalue weighted by molar-refractivity contribution is -0.153. The summed E-state index contributed by atoms with van der Waals surface area (Å²) in [6, 6.07) is 10.0. The Labute approximate surface area is 107 Å². The molecule has 0 amide bonds. The third-order valence-electron chi connectivity index (χ3n) is 1.74. The lowest BCUT2D eigenvalue weighted by Gasteiger charge is -1.95. The van der Waals surface area contributed by atoms with Crippen LogP contribution in [0.25, 0.3) is 6.08 Å². The van der Waals surface area contributed by atoms with Gasteiger partial charge in [0.1, 0.15) is 0 Å². The number of hydrogen-bond donors (Lipinski definition) is 0. The lowest BCUT2D eigenvalue weighted by Crippen LogP contribution is -2.09. The van der Waals surface area contributed by atoms with Crippen molar-refractivity contribution in [2.24, 2.45) is 0 Å². The molecular weight excluding hydrogens is 228 g/mol. The van der Waals surface area contributed by atoms with Crippen molar-refractivity contribution in [2.75, 3.05) is 0 Å². The van der Waals surface area contributed by atoms with E-state index in [0.717, 1.165) is 6.08 Å². The Hall–Kier alpha value is -2.42. The van der Waals surface area contributed by atoms with Crippen LogP contribution < -0.4 is 0 Å². The van der Waals surface area contributed by atoms with Gasteiger partial charge in [-0.05, 0) is 12.5 Å². The summed E-state index contributed by atoms with van der Waals surface area (Å²) in [5.74, 6) is -1.47. The number of rotatable bonds is 3. The van der Waals surface area contributed by atoms with E-state index in [1.807, 2.05) is 36.4 Å². The fourth-order valence-corrected chi connectivity index (χ4v) is 0.809. The molecule has 0 heterocycles. The first kappa shape index (κ1) is 15.6. The Morgan fingerprint density at radius 1 is 1.17 bits per heavy atom. The Morgan fingerprint density at radius 3 is 2.06 bits per heavy atom. The Kier molecular flexibility index (Phi) is 7.53. The average molecular weight is 244 g/mol. The Bertz CT molecular complexity index is 444. The van der Waals surface area contributed by atoms with Crippen molar-refractivity contribution in [3.05, 3.63) is 67.3 Å². The number of benzene rings is 1. The molecule has 0 saturated heterocycles. The number of hydrogen-bond acceptors (Lipinski definition) is 3. The van der Waals surface area contributed by atoms with Crippen molar-refractivity contribution in [1.29, 1.82) is 0 Å². The van der Waals surface area contributed by atoms with Crippen LogP contribution in [-0.4, -0.2) is 11.9 Å². The number of ether oxygens (including phenoxy) is 1. The third kappa shape index (κ3) is 6.95. The lowest BCUT2D eigenvalue weighted by atomic mass is 10.2. The highest BCUT2D eigenvalue weighted by atomic mass is 16.6. The largest absolute Gasteiger partial charge is 0.386 e. The maximum atomic E-state index is 10.5. The van der Waals surface area contributed by atoms with Crippen LogP contribution in [0, 0.1) is 0 Å². The molecule has 3 nitrogen and oxygen atoms in total. The molecule has 0 aromatic heterocycles. The molecule has 0 aliphatic rings. The highest BCUT2D eigenvalue weighted by Crippen LogP contribution is 1.97. The van der Waals surface area contributed by atoms with E-state index in [0.29, 0.717) is 0 Å². The summed E-state index contributed by atoms with van der Waals surface area (Å²) < 4.78 is 4.17. The summed E-state index contributed by atoms with van der Waals surface area (Å²) in [7, 11) is 0. The van der Waals surface area contributed by atoms with Gasteiger partial charge in [-0.2, -0.15) is 0 Å². The van der Waals surface area contributed by atoms with Crippen LogP contribution in [0.3, 0.4) is 0 Å². The van der Waals surface area contributed by atoms with Gasteiger partial charge >= 0.3 is 11.9 Å². The van der Waals surface area contributed by atoms with Gasteiger partial charge in [0.2, 0.25) is 0 Å². The molecular formula is C15H16O3. The molecule has 0 aliphatic carbocycles. The molecule has 0 spiro atoms. The minimum Gasteiger partial charge on any atom is -0.386 e. The van der Waals surface area contributed by atoms with Crippen LogP contribution in [0.15, 0.2) is 61.7 Å². The Morgan fingerprint density at radius 2 is 1.72 bits per heavy atom. The highest BCUT2D eigenvalue weighted by Gasteiger charge is 2.06. The molecule has 94 valence electrons. The second-order valence-corrected chi connectivity index (χ2v) is 3.31. The zero-order chi connectivity index (χ0) is 14.0. The van der Waals surface area contributed by atoms with Gasteiger partial charge in [-0.15, -0.1) is 0 Å². The van der Waals surface area contributed by atoms with Crippen molar-refractivity contribution >= 4 is 18.0 Å². The molecule has 1 aromatic rings. The van der Waals surface area contributed by atoms with E-state index in [2.05, 4.69) is 24.5 Å². The standard InChI is InChI=1S/C8H8.C7H8O3/c1-2-8-6-4-3-5-7-8;1-4-6(8)10-7(9)5(2)3/h2-7H,1H2;4H,1-2H2,3H3. The van der Waals surface area contributed by atoms with Gasteiger partial charge in [0.15, 0.2) is 0 Å². The van der Waals surface area contributed by atoms with Crippen LogP contribution in [0.1, 0.15) is 12.5 Å². The zero-order valence-electron chi connectivity index (χ0n) is 10.4. The quantitative estimate of drug-likeness (QED) is 0.466. The van der Waals surface area contributed by atoms with Gasteiger partial charge in [-0.3, -0.25) is 0 Å². The summed E-state index contributed by atoms with van der Waals surface area (Å²) in [4.78, 5) is 20.8. The molecule has 0 atom stereocenters. The number of esters is 2. The first-order chi connectivity index (χ1) is 8.51. The molecule has 0 N–H and O–H groups in total. The number of carbonyl (C=O) groups is 2. The van der Waals surface area contributed by atoms with Gasteiger partial charge in [-0.1, -0.05) is 56.1 Å². The molecule has 0 fully saturated rings. The topological polar surface area (TPSA) is 43.4 Å². The Balaban J connectivity index is 0.000000327. The summed E-state index contributed by atoms with van der Waals surface area (Å²) in [5.41, 5.74) is 1.36. The maximum Gasteiger partial charge on any atom is 0.340 e. The summed E-state index contributed by atoms with van der Waals surface area (Å²) >= 11 is 0. The summed E-state index contributed by atoms with van der Waals surface area (Å²) in [6.45, 7) is 11.5. The zero-order valence-corrected chi connectivity index (χ0v) is 10.4. The summed E-state index contributed by atoms with van der Waals surface area (Å²) in [6.07, 6.45) is 2.75. The normalized spacial score (nSPS) is 8.28. The van der Waals surface area contributed by atoms with E-state index in [1.54, 1.807) is 0 Å². The van der Waals surface area contributed by atoms with Crippen molar-refractivity contribution < 1.29 is 14.3 Å². The van der Waals surface area contributed by atoms with Gasteiger partial charge in [0.05, 0.1) is 0 Å². The molecule has 0 unspecified atom stereocenters. The first-order valence-corrected chi connectivity index (χ1v) is 5.22. The second kappa shape index (κ2) is 8.70. The van der Waals surface area contributed by atoms with Gasteiger partial charge < -0.3 is 4.74 Å². The second-order valence-electron chi connectivity index (χ2n) is 3.31. The molecule has 18 heavy (non-hydrogen) atoms. The van der Waals surface area contributed by atoms with E-state index in [-0.39, 0.29) is 5.57 Å². The van der Waals surface area contributed by atoms with Gasteiger partial charge in [-0.25, -0.2) is 9.59 Å². The molecule has 0 aliphatic heterocycles. The molecule has 0 bridgehead atoms. The fourth-order valence-electron chi connectivity index (χ4n) is 0.809. The molecule has 3 heteroatoms. The summed E-state index contributed by atoms with van der Waals surface area (Å²) in [5, 5.41) is 0. The van der Waals surface area contributed by atoms with E-state index in [4.69, 9.17) is 0 Å². The van der Waals surface area contributed by atoms with Crippen molar-refractivity contribution in [3.8, 4) is 0 Å². The van der Waals surface area contributed by atoms with E-state index in [1.165, 1.54) is 12.5 Å². The van der Waals surface area contributed by atoms with Crippen molar-refractivity contribution in [1.82, 2.24) is 0 Å². The van der Waals surface area contributed by atoms with Crippen molar-refractivity contribution in [2.45, 2.75) is 6.92 Å².